The van der Waals surface area contributed by atoms with Crippen molar-refractivity contribution in [3.8, 4) is 46.0 Å². The minimum atomic E-state index is -1.06. The van der Waals surface area contributed by atoms with Crippen molar-refractivity contribution in [2.24, 2.45) is 0 Å². The number of esters is 4. The monoisotopic (exact) mass is 824 g/mol. The second-order valence-electron chi connectivity index (χ2n) is 11.7. The van der Waals surface area contributed by atoms with Gasteiger partial charge >= 0.3 is 36.2 Å². The number of benzene rings is 3. The summed E-state index contributed by atoms with van der Waals surface area (Å²) in [7, 11) is 5.17. The quantitative estimate of drug-likeness (QED) is 0.0263. The molecule has 316 valence electrons. The Morgan fingerprint density at radius 2 is 0.864 bits per heavy atom. The lowest BCUT2D eigenvalue weighted by Crippen LogP contribution is -2.15. The van der Waals surface area contributed by atoms with Crippen LogP contribution in [0.25, 0.3) is 0 Å². The number of carbonyl (C=O) groups excluding carboxylic acids is 6. The van der Waals surface area contributed by atoms with E-state index in [-0.39, 0.29) is 83.6 Å². The summed E-state index contributed by atoms with van der Waals surface area (Å²) in [5, 5.41) is 0. The summed E-state index contributed by atoms with van der Waals surface area (Å²) in [5.74, 6) is -2.96. The number of ether oxygens (including phenoxy) is 12. The standard InChI is InChI=1S/C41H44O18/c1-8-34(42)52-16-10-12-18-54-40(46)58-36-30(48-4)21-26(22-31(36)49-5)38(44)56-28-14-15-29(25(3)20-28)57-39(45)27-23-32(50-6)37(33(24-27)51-7)59-41(47)55-19-13-11-17-53-35(43)9-2/h8-9,14-15,20-24H,1-2,10-13,16-19H2,3-7H3. The molecule has 0 bridgehead atoms. The van der Waals surface area contributed by atoms with Crippen LogP contribution < -0.4 is 37.9 Å². The van der Waals surface area contributed by atoms with Crippen LogP contribution in [0.15, 0.2) is 67.8 Å². The van der Waals surface area contributed by atoms with E-state index in [4.69, 9.17) is 56.8 Å². The number of rotatable bonds is 22. The summed E-state index contributed by atoms with van der Waals surface area (Å²) >= 11 is 0. The van der Waals surface area contributed by atoms with Crippen LogP contribution in [0, 0.1) is 6.92 Å². The topological polar surface area (TPSA) is 213 Å². The molecule has 18 nitrogen and oxygen atoms in total. The molecule has 18 heteroatoms. The van der Waals surface area contributed by atoms with Crippen LogP contribution in [-0.2, 0) is 28.5 Å². The maximum absolute atomic E-state index is 13.2. The molecule has 3 rings (SSSR count). The minimum Gasteiger partial charge on any atom is -0.493 e. The Morgan fingerprint density at radius 1 is 0.492 bits per heavy atom. The Kier molecular flexibility index (Phi) is 18.6. The Morgan fingerprint density at radius 3 is 1.22 bits per heavy atom. The van der Waals surface area contributed by atoms with Crippen molar-refractivity contribution in [2.45, 2.75) is 32.6 Å². The predicted octanol–water partition coefficient (Wildman–Crippen LogP) is 6.52. The van der Waals surface area contributed by atoms with Gasteiger partial charge in [-0.05, 0) is 80.6 Å². The maximum Gasteiger partial charge on any atom is 0.514 e. The first-order valence-corrected chi connectivity index (χ1v) is 17.7. The van der Waals surface area contributed by atoms with Crippen molar-refractivity contribution < 1.29 is 85.6 Å². The number of carbonyl (C=O) groups is 6. The molecule has 3 aromatic carbocycles. The fraction of sp³-hybridized carbons (Fsp3) is 0.317. The van der Waals surface area contributed by atoms with Gasteiger partial charge in [0.25, 0.3) is 0 Å². The van der Waals surface area contributed by atoms with Crippen LogP contribution in [0.4, 0.5) is 9.59 Å². The van der Waals surface area contributed by atoms with Crippen molar-refractivity contribution in [2.75, 3.05) is 54.9 Å². The summed E-state index contributed by atoms with van der Waals surface area (Å²) < 4.78 is 62.9. The molecule has 0 amide bonds. The molecule has 59 heavy (non-hydrogen) atoms. The third-order valence-electron chi connectivity index (χ3n) is 7.66. The van der Waals surface area contributed by atoms with Gasteiger partial charge in [0.15, 0.2) is 23.0 Å². The van der Waals surface area contributed by atoms with E-state index in [2.05, 4.69) is 13.2 Å². The highest BCUT2D eigenvalue weighted by Gasteiger charge is 2.24. The van der Waals surface area contributed by atoms with E-state index < -0.39 is 36.2 Å². The fourth-order valence-electron chi connectivity index (χ4n) is 4.73. The zero-order valence-corrected chi connectivity index (χ0v) is 33.1. The van der Waals surface area contributed by atoms with Gasteiger partial charge in [-0.1, -0.05) is 13.2 Å². The molecule has 3 aromatic rings. The van der Waals surface area contributed by atoms with E-state index in [0.717, 1.165) is 12.2 Å². The normalized spacial score (nSPS) is 10.2. The minimum absolute atomic E-state index is 0.0178. The zero-order chi connectivity index (χ0) is 43.3. The molecular formula is C41H44O18. The first-order chi connectivity index (χ1) is 28.4. The summed E-state index contributed by atoms with van der Waals surface area (Å²) in [6, 6.07) is 9.40. The first kappa shape index (κ1) is 46.1. The van der Waals surface area contributed by atoms with Gasteiger partial charge in [-0.15, -0.1) is 0 Å². The molecule has 0 saturated carbocycles. The number of unbranched alkanes of at least 4 members (excludes halogenated alkanes) is 2. The Hall–Kier alpha value is -7.24. The Balaban J connectivity index is 1.63. The van der Waals surface area contributed by atoms with Gasteiger partial charge < -0.3 is 56.8 Å². The van der Waals surface area contributed by atoms with Crippen molar-refractivity contribution >= 4 is 36.2 Å². The SMILES string of the molecule is C=CC(=O)OCCCCOC(=O)Oc1c(OC)cc(C(=O)Oc2ccc(OC(=O)c3cc(OC)c(OC(=O)OCCCCOC(=O)C=C)c(OC)c3)c(C)c2)cc1OC. The largest absolute Gasteiger partial charge is 0.514 e. The van der Waals surface area contributed by atoms with E-state index in [1.807, 2.05) is 0 Å². The lowest BCUT2D eigenvalue weighted by atomic mass is 10.1. The second-order valence-corrected chi connectivity index (χ2v) is 11.7. The zero-order valence-electron chi connectivity index (χ0n) is 33.1. The fourth-order valence-corrected chi connectivity index (χ4v) is 4.73. The molecule has 0 radical (unpaired) electrons. The van der Waals surface area contributed by atoms with Gasteiger partial charge in [0.2, 0.25) is 11.5 Å². The molecule has 0 unspecified atom stereocenters. The second kappa shape index (κ2) is 23.7. The smallest absolute Gasteiger partial charge is 0.493 e. The lowest BCUT2D eigenvalue weighted by Gasteiger charge is -2.15. The first-order valence-electron chi connectivity index (χ1n) is 17.7. The van der Waals surface area contributed by atoms with E-state index >= 15 is 0 Å². The van der Waals surface area contributed by atoms with Crippen LogP contribution in [-0.4, -0.2) is 91.1 Å². The highest BCUT2D eigenvalue weighted by Crippen LogP contribution is 2.40. The van der Waals surface area contributed by atoms with E-state index in [1.165, 1.54) is 70.9 Å². The maximum atomic E-state index is 13.2. The van der Waals surface area contributed by atoms with Crippen molar-refractivity contribution in [3.63, 3.8) is 0 Å². The van der Waals surface area contributed by atoms with Gasteiger partial charge in [0.1, 0.15) is 11.5 Å². The third-order valence-corrected chi connectivity index (χ3v) is 7.66. The van der Waals surface area contributed by atoms with E-state index in [0.29, 0.717) is 31.2 Å². The predicted molar refractivity (Wildman–Crippen MR) is 205 cm³/mol. The van der Waals surface area contributed by atoms with Gasteiger partial charge in [0, 0.05) is 12.2 Å². The highest BCUT2D eigenvalue weighted by molar-refractivity contribution is 5.94. The van der Waals surface area contributed by atoms with Crippen LogP contribution in [0.5, 0.6) is 46.0 Å². The summed E-state index contributed by atoms with van der Waals surface area (Å²) in [5.41, 5.74) is 0.379. The number of aryl methyl sites for hydroxylation is 1. The van der Waals surface area contributed by atoms with Crippen LogP contribution in [0.3, 0.4) is 0 Å². The number of hydrogen-bond donors (Lipinski definition) is 0. The van der Waals surface area contributed by atoms with Crippen molar-refractivity contribution in [3.05, 3.63) is 84.5 Å². The van der Waals surface area contributed by atoms with E-state index in [9.17, 15) is 28.8 Å². The van der Waals surface area contributed by atoms with Crippen LogP contribution in [0.1, 0.15) is 52.0 Å². The van der Waals surface area contributed by atoms with E-state index in [1.54, 1.807) is 6.92 Å². The lowest BCUT2D eigenvalue weighted by molar-refractivity contribution is -0.138. The molecule has 0 heterocycles. The number of hydrogen-bond acceptors (Lipinski definition) is 18. The van der Waals surface area contributed by atoms with Gasteiger partial charge in [-0.2, -0.15) is 0 Å². The summed E-state index contributed by atoms with van der Waals surface area (Å²) in [6.07, 6.45) is 1.62. The Bertz CT molecular complexity index is 1950. The molecule has 0 fully saturated rings. The molecule has 0 aromatic heterocycles. The van der Waals surface area contributed by atoms with Crippen molar-refractivity contribution in [1.29, 1.82) is 0 Å². The average molecular weight is 825 g/mol. The van der Waals surface area contributed by atoms with Crippen LogP contribution >= 0.6 is 0 Å². The molecule has 0 aliphatic carbocycles. The molecule has 0 aliphatic rings. The average Bonchev–Trinajstić information content (AvgIpc) is 3.23. The third kappa shape index (κ3) is 14.3. The molecular weight excluding hydrogens is 780 g/mol. The molecule has 0 atom stereocenters. The number of methoxy groups -OCH3 is 4. The molecule has 0 saturated heterocycles. The molecule has 0 aliphatic heterocycles. The van der Waals surface area contributed by atoms with Crippen LogP contribution in [0.2, 0.25) is 0 Å². The van der Waals surface area contributed by atoms with Gasteiger partial charge in [-0.25, -0.2) is 28.8 Å². The summed E-state index contributed by atoms with van der Waals surface area (Å²) in [6.45, 7) is 8.44. The molecule has 0 N–H and O–H groups in total. The highest BCUT2D eigenvalue weighted by atomic mass is 16.7. The van der Waals surface area contributed by atoms with Crippen molar-refractivity contribution in [1.82, 2.24) is 0 Å². The molecule has 0 spiro atoms. The Labute approximate surface area is 339 Å². The van der Waals surface area contributed by atoms with Gasteiger partial charge in [-0.3, -0.25) is 0 Å². The summed E-state index contributed by atoms with van der Waals surface area (Å²) in [4.78, 5) is 73.4. The van der Waals surface area contributed by atoms with Gasteiger partial charge in [0.05, 0.1) is 66.0 Å².